The molecule has 1 aliphatic heterocycles. The number of fused-ring (bicyclic) bond motifs is 1. The van der Waals surface area contributed by atoms with Gasteiger partial charge in [0.2, 0.25) is 0 Å². The number of aromatic nitrogens is 1. The average Bonchev–Trinajstić information content (AvgIpc) is 3.52. The van der Waals surface area contributed by atoms with Crippen molar-refractivity contribution >= 4 is 28.8 Å². The van der Waals surface area contributed by atoms with Gasteiger partial charge in [0, 0.05) is 42.2 Å². The number of carbonyl (C=O) groups is 2. The molecule has 1 unspecified atom stereocenters. The molecule has 0 spiro atoms. The summed E-state index contributed by atoms with van der Waals surface area (Å²) in [4.78, 5) is 27.9. The quantitative estimate of drug-likeness (QED) is 0.271. The second-order valence-corrected chi connectivity index (χ2v) is 8.10. The maximum atomic E-state index is 11.5. The fraction of sp³-hybridized carbons (Fsp3) is 0.320. The standard InChI is InChI=1S/C23H26N4O3.C2HF3O2/c28-22(29)14-19(16-5-2-1-3-6-16)20-15-27-21-13-17(7-8-18(20)21)30-12-4-9-24-23-25-10-11-26-23;3-2(4,5)1(6)7/h1-3,5-8,13,15,19,27H,4,9-12,14H2,(H,28,29)(H2,24,25,26);(H,6,7). The summed E-state index contributed by atoms with van der Waals surface area (Å²) in [7, 11) is 0. The summed E-state index contributed by atoms with van der Waals surface area (Å²) in [5.41, 5.74) is 2.92. The summed E-state index contributed by atoms with van der Waals surface area (Å²) in [6.45, 7) is 3.13. The normalized spacial score (nSPS) is 13.6. The van der Waals surface area contributed by atoms with Crippen LogP contribution in [0.15, 0.2) is 59.7 Å². The van der Waals surface area contributed by atoms with E-state index < -0.39 is 18.1 Å². The fourth-order valence-electron chi connectivity index (χ4n) is 3.76. The minimum absolute atomic E-state index is 0.0440. The maximum absolute atomic E-state index is 11.5. The van der Waals surface area contributed by atoms with Crippen LogP contribution in [-0.2, 0) is 9.59 Å². The van der Waals surface area contributed by atoms with Crippen molar-refractivity contribution in [1.82, 2.24) is 15.6 Å². The molecule has 0 amide bonds. The van der Waals surface area contributed by atoms with E-state index in [4.69, 9.17) is 14.6 Å². The van der Waals surface area contributed by atoms with E-state index in [1.807, 2.05) is 54.7 Å². The van der Waals surface area contributed by atoms with Gasteiger partial charge in [0.05, 0.1) is 19.6 Å². The molecule has 12 heteroatoms. The van der Waals surface area contributed by atoms with Crippen LogP contribution in [0.1, 0.15) is 29.9 Å². The summed E-state index contributed by atoms with van der Waals surface area (Å²) >= 11 is 0. The molecular formula is C25H27F3N4O5. The highest BCUT2D eigenvalue weighted by Gasteiger charge is 2.38. The minimum atomic E-state index is -5.08. The second kappa shape index (κ2) is 12.7. The van der Waals surface area contributed by atoms with Gasteiger partial charge in [-0.25, -0.2) is 4.79 Å². The van der Waals surface area contributed by atoms with Crippen LogP contribution in [0.5, 0.6) is 5.75 Å². The summed E-state index contributed by atoms with van der Waals surface area (Å²) < 4.78 is 37.6. The van der Waals surface area contributed by atoms with E-state index in [-0.39, 0.29) is 12.3 Å². The van der Waals surface area contributed by atoms with Crippen LogP contribution >= 0.6 is 0 Å². The smallest absolute Gasteiger partial charge is 0.490 e. The lowest BCUT2D eigenvalue weighted by Gasteiger charge is -2.15. The Hall–Kier alpha value is -4.22. The average molecular weight is 521 g/mol. The number of H-pyrrole nitrogens is 1. The monoisotopic (exact) mass is 520 g/mol. The van der Waals surface area contributed by atoms with Crippen molar-refractivity contribution in [2.24, 2.45) is 4.99 Å². The molecule has 0 saturated carbocycles. The molecule has 0 radical (unpaired) electrons. The fourth-order valence-corrected chi connectivity index (χ4v) is 3.76. The molecule has 2 heterocycles. The summed E-state index contributed by atoms with van der Waals surface area (Å²) in [5, 5.41) is 24.0. The Morgan fingerprint density at radius 2 is 1.86 bits per heavy atom. The lowest BCUT2D eigenvalue weighted by Crippen LogP contribution is -2.34. The number of aromatic amines is 1. The van der Waals surface area contributed by atoms with Gasteiger partial charge in [-0.15, -0.1) is 0 Å². The summed E-state index contributed by atoms with van der Waals surface area (Å²) in [6, 6.07) is 15.7. The van der Waals surface area contributed by atoms with Crippen LogP contribution in [0, 0.1) is 0 Å². The zero-order valence-electron chi connectivity index (χ0n) is 19.7. The van der Waals surface area contributed by atoms with Gasteiger partial charge in [0.1, 0.15) is 5.75 Å². The molecule has 198 valence electrons. The summed E-state index contributed by atoms with van der Waals surface area (Å²) in [6.07, 6.45) is -2.26. The van der Waals surface area contributed by atoms with Crippen molar-refractivity contribution < 1.29 is 37.7 Å². The zero-order chi connectivity index (χ0) is 26.8. The Morgan fingerprint density at radius 1 is 1.14 bits per heavy atom. The Balaban J connectivity index is 0.000000479. The molecule has 0 aliphatic carbocycles. The number of aliphatic imine (C=N–C) groups is 1. The van der Waals surface area contributed by atoms with Gasteiger partial charge in [-0.1, -0.05) is 30.3 Å². The third-order valence-electron chi connectivity index (χ3n) is 5.44. The number of nitrogens with one attached hydrogen (secondary N) is 3. The lowest BCUT2D eigenvalue weighted by molar-refractivity contribution is -0.192. The highest BCUT2D eigenvalue weighted by molar-refractivity contribution is 5.86. The van der Waals surface area contributed by atoms with Gasteiger partial charge in [-0.2, -0.15) is 13.2 Å². The van der Waals surface area contributed by atoms with Crippen molar-refractivity contribution in [1.29, 1.82) is 0 Å². The maximum Gasteiger partial charge on any atom is 0.490 e. The molecule has 1 aromatic heterocycles. The van der Waals surface area contributed by atoms with E-state index in [0.29, 0.717) is 6.61 Å². The number of rotatable bonds is 9. The molecule has 9 nitrogen and oxygen atoms in total. The van der Waals surface area contributed by atoms with E-state index in [0.717, 1.165) is 59.8 Å². The first-order valence-corrected chi connectivity index (χ1v) is 11.5. The Labute approximate surface area is 210 Å². The van der Waals surface area contributed by atoms with Crippen molar-refractivity contribution in [3.8, 4) is 5.75 Å². The molecule has 4 rings (SSSR count). The number of carboxylic acids is 2. The third kappa shape index (κ3) is 8.16. The minimum Gasteiger partial charge on any atom is -0.493 e. The van der Waals surface area contributed by atoms with Crippen molar-refractivity contribution in [2.75, 3.05) is 26.2 Å². The SMILES string of the molecule is O=C(O)C(F)(F)F.O=C(O)CC(c1ccccc1)c1c[nH]c2cc(OCCCNC3=NCCN3)ccc12. The molecule has 37 heavy (non-hydrogen) atoms. The molecule has 1 aliphatic rings. The molecule has 5 N–H and O–H groups in total. The Kier molecular flexibility index (Phi) is 9.36. The predicted molar refractivity (Wildman–Crippen MR) is 131 cm³/mol. The van der Waals surface area contributed by atoms with Crippen LogP contribution in [-0.4, -0.2) is 65.5 Å². The van der Waals surface area contributed by atoms with E-state index in [1.54, 1.807) is 0 Å². The van der Waals surface area contributed by atoms with Gasteiger partial charge >= 0.3 is 18.1 Å². The molecule has 3 aromatic rings. The number of hydrogen-bond acceptors (Lipinski definition) is 6. The number of ether oxygens (including phenoxy) is 1. The van der Waals surface area contributed by atoms with Crippen LogP contribution < -0.4 is 15.4 Å². The number of hydrogen-bond donors (Lipinski definition) is 5. The first-order valence-electron chi connectivity index (χ1n) is 11.5. The number of nitrogens with zero attached hydrogens (tertiary/aromatic N) is 1. The molecule has 2 aromatic carbocycles. The van der Waals surface area contributed by atoms with Gasteiger partial charge < -0.3 is 30.6 Å². The molecule has 0 bridgehead atoms. The number of carboxylic acid groups (broad SMARTS) is 2. The van der Waals surface area contributed by atoms with Gasteiger partial charge in [-0.05, 0) is 29.7 Å². The van der Waals surface area contributed by atoms with Crippen LogP contribution in [0.3, 0.4) is 0 Å². The first-order chi connectivity index (χ1) is 17.6. The number of guanidine groups is 1. The number of halogens is 3. The van der Waals surface area contributed by atoms with E-state index in [9.17, 15) is 23.1 Å². The number of alkyl halides is 3. The van der Waals surface area contributed by atoms with Crippen LogP contribution in [0.4, 0.5) is 13.2 Å². The Morgan fingerprint density at radius 3 is 2.49 bits per heavy atom. The van der Waals surface area contributed by atoms with E-state index in [1.165, 1.54) is 0 Å². The second-order valence-electron chi connectivity index (χ2n) is 8.10. The van der Waals surface area contributed by atoms with E-state index in [2.05, 4.69) is 20.6 Å². The molecule has 1 atom stereocenters. The van der Waals surface area contributed by atoms with Gasteiger partial charge in [0.25, 0.3) is 0 Å². The van der Waals surface area contributed by atoms with Crippen LogP contribution in [0.2, 0.25) is 0 Å². The highest BCUT2D eigenvalue weighted by atomic mass is 19.4. The summed E-state index contributed by atoms with van der Waals surface area (Å²) in [5.74, 6) is -2.12. The largest absolute Gasteiger partial charge is 0.493 e. The Bertz CT molecular complexity index is 1230. The van der Waals surface area contributed by atoms with Gasteiger partial charge in [-0.3, -0.25) is 9.79 Å². The topological polar surface area (TPSA) is 136 Å². The third-order valence-corrected chi connectivity index (χ3v) is 5.44. The first kappa shape index (κ1) is 27.4. The lowest BCUT2D eigenvalue weighted by atomic mass is 9.88. The highest BCUT2D eigenvalue weighted by Crippen LogP contribution is 2.34. The predicted octanol–water partition coefficient (Wildman–Crippen LogP) is 3.73. The van der Waals surface area contributed by atoms with E-state index >= 15 is 0 Å². The van der Waals surface area contributed by atoms with Crippen molar-refractivity contribution in [2.45, 2.75) is 24.9 Å². The van der Waals surface area contributed by atoms with Crippen LogP contribution in [0.25, 0.3) is 10.9 Å². The zero-order valence-corrected chi connectivity index (χ0v) is 19.7. The molecule has 0 fully saturated rings. The van der Waals surface area contributed by atoms with Gasteiger partial charge in [0.15, 0.2) is 5.96 Å². The number of aliphatic carboxylic acids is 2. The molecule has 0 saturated heterocycles. The van der Waals surface area contributed by atoms with Crippen molar-refractivity contribution in [3.63, 3.8) is 0 Å². The van der Waals surface area contributed by atoms with Crippen molar-refractivity contribution in [3.05, 3.63) is 65.9 Å². The number of benzene rings is 2. The molecular weight excluding hydrogens is 493 g/mol.